The molecule has 2 N–H and O–H groups in total. The molecule has 0 atom stereocenters. The van der Waals surface area contributed by atoms with Crippen LogP contribution in [0.4, 0.5) is 5.69 Å². The Hall–Kier alpha value is -1.51. The molecule has 0 bridgehead atoms. The Morgan fingerprint density at radius 3 is 2.67 bits per heavy atom. The summed E-state index contributed by atoms with van der Waals surface area (Å²) in [6.45, 7) is 2.86. The third-order valence-electron chi connectivity index (χ3n) is 3.48. The van der Waals surface area contributed by atoms with E-state index in [4.69, 9.17) is 0 Å². The fraction of sp³-hybridized carbons (Fsp3) is 0.533. The number of carbonyl (C=O) groups excluding carboxylic acids is 1. The predicted octanol–water partition coefficient (Wildman–Crippen LogP) is 3.18. The van der Waals surface area contributed by atoms with E-state index >= 15 is 0 Å². The number of rotatable bonds is 4. The molecule has 0 aliphatic heterocycles. The van der Waals surface area contributed by atoms with Crippen LogP contribution in [0.1, 0.15) is 49.4 Å². The largest absolute Gasteiger partial charge is 0.385 e. The minimum Gasteiger partial charge on any atom is -0.385 e. The summed E-state index contributed by atoms with van der Waals surface area (Å²) in [6, 6.07) is 8.07. The van der Waals surface area contributed by atoms with Crippen molar-refractivity contribution in [2.24, 2.45) is 0 Å². The fourth-order valence-corrected chi connectivity index (χ4v) is 2.54. The average molecular weight is 246 g/mol. The molecule has 0 saturated heterocycles. The highest BCUT2D eigenvalue weighted by atomic mass is 16.1. The van der Waals surface area contributed by atoms with Crippen molar-refractivity contribution in [3.05, 3.63) is 29.8 Å². The molecule has 0 unspecified atom stereocenters. The van der Waals surface area contributed by atoms with Gasteiger partial charge in [-0.05, 0) is 31.9 Å². The van der Waals surface area contributed by atoms with Gasteiger partial charge in [0, 0.05) is 18.3 Å². The van der Waals surface area contributed by atoms with Crippen LogP contribution >= 0.6 is 0 Å². The number of anilines is 1. The van der Waals surface area contributed by atoms with Crippen molar-refractivity contribution in [3.8, 4) is 0 Å². The summed E-state index contributed by atoms with van der Waals surface area (Å²) in [4.78, 5) is 12.3. The number of para-hydroxylation sites is 1. The molecule has 1 aromatic carbocycles. The monoisotopic (exact) mass is 246 g/mol. The molecular weight excluding hydrogens is 224 g/mol. The van der Waals surface area contributed by atoms with Gasteiger partial charge in [0.05, 0.1) is 5.56 Å². The number of hydrogen-bond acceptors (Lipinski definition) is 2. The summed E-state index contributed by atoms with van der Waals surface area (Å²) in [5.41, 5.74) is 1.68. The van der Waals surface area contributed by atoms with Gasteiger partial charge in [-0.1, -0.05) is 31.4 Å². The molecule has 0 aromatic heterocycles. The van der Waals surface area contributed by atoms with Crippen LogP contribution < -0.4 is 10.6 Å². The second-order valence-electron chi connectivity index (χ2n) is 4.88. The summed E-state index contributed by atoms with van der Waals surface area (Å²) in [7, 11) is 0. The third-order valence-corrected chi connectivity index (χ3v) is 3.48. The zero-order chi connectivity index (χ0) is 12.8. The maximum absolute atomic E-state index is 12.3. The molecule has 0 spiro atoms. The second-order valence-corrected chi connectivity index (χ2v) is 4.88. The van der Waals surface area contributed by atoms with Crippen LogP contribution in [0, 0.1) is 0 Å². The third kappa shape index (κ3) is 3.25. The van der Waals surface area contributed by atoms with Crippen molar-refractivity contribution in [2.45, 2.75) is 45.1 Å². The number of benzene rings is 1. The Balaban J connectivity index is 2.03. The van der Waals surface area contributed by atoms with Crippen LogP contribution in [0.15, 0.2) is 24.3 Å². The van der Waals surface area contributed by atoms with Crippen molar-refractivity contribution < 1.29 is 4.79 Å². The molecule has 1 aliphatic carbocycles. The van der Waals surface area contributed by atoms with E-state index in [9.17, 15) is 4.79 Å². The van der Waals surface area contributed by atoms with Crippen LogP contribution in [-0.2, 0) is 0 Å². The van der Waals surface area contributed by atoms with Gasteiger partial charge in [0.2, 0.25) is 0 Å². The van der Waals surface area contributed by atoms with E-state index in [1.165, 1.54) is 19.3 Å². The van der Waals surface area contributed by atoms with Crippen molar-refractivity contribution in [2.75, 3.05) is 11.9 Å². The van der Waals surface area contributed by atoms with E-state index in [1.54, 1.807) is 0 Å². The molecular formula is C15H22N2O. The van der Waals surface area contributed by atoms with E-state index in [-0.39, 0.29) is 5.91 Å². The van der Waals surface area contributed by atoms with Gasteiger partial charge in [0.15, 0.2) is 0 Å². The molecule has 3 nitrogen and oxygen atoms in total. The lowest BCUT2D eigenvalue weighted by Crippen LogP contribution is -2.36. The molecule has 1 amide bonds. The highest BCUT2D eigenvalue weighted by Gasteiger charge is 2.17. The molecule has 1 aliphatic rings. The lowest BCUT2D eigenvalue weighted by molar-refractivity contribution is 0.0928. The average Bonchev–Trinajstić information content (AvgIpc) is 2.41. The topological polar surface area (TPSA) is 41.1 Å². The molecule has 98 valence electrons. The Morgan fingerprint density at radius 2 is 1.94 bits per heavy atom. The quantitative estimate of drug-likeness (QED) is 0.856. The van der Waals surface area contributed by atoms with Crippen LogP contribution in [-0.4, -0.2) is 18.5 Å². The van der Waals surface area contributed by atoms with Crippen molar-refractivity contribution in [3.63, 3.8) is 0 Å². The summed E-state index contributed by atoms with van der Waals surface area (Å²) in [6.07, 6.45) is 6.02. The molecule has 3 heteroatoms. The van der Waals surface area contributed by atoms with Crippen LogP contribution in [0.3, 0.4) is 0 Å². The molecule has 0 radical (unpaired) electrons. The molecule has 18 heavy (non-hydrogen) atoms. The first-order valence-electron chi connectivity index (χ1n) is 6.95. The van der Waals surface area contributed by atoms with Gasteiger partial charge in [0.1, 0.15) is 0 Å². The van der Waals surface area contributed by atoms with Gasteiger partial charge in [-0.15, -0.1) is 0 Å². The lowest BCUT2D eigenvalue weighted by atomic mass is 9.95. The molecule has 1 saturated carbocycles. The highest BCUT2D eigenvalue weighted by molar-refractivity contribution is 5.99. The molecule has 1 fully saturated rings. The first kappa shape index (κ1) is 12.9. The van der Waals surface area contributed by atoms with E-state index in [0.717, 1.165) is 30.6 Å². The Morgan fingerprint density at radius 1 is 1.22 bits per heavy atom. The second kappa shape index (κ2) is 6.43. The summed E-state index contributed by atoms with van der Waals surface area (Å²) in [5.74, 6) is 0.0541. The SMILES string of the molecule is CCNc1ccccc1C(=O)NC1CCCCC1. The van der Waals surface area contributed by atoms with Crippen molar-refractivity contribution in [1.29, 1.82) is 0 Å². The van der Waals surface area contributed by atoms with Crippen molar-refractivity contribution >= 4 is 11.6 Å². The maximum Gasteiger partial charge on any atom is 0.253 e. The minimum absolute atomic E-state index is 0.0541. The van der Waals surface area contributed by atoms with E-state index in [0.29, 0.717) is 6.04 Å². The summed E-state index contributed by atoms with van der Waals surface area (Å²) < 4.78 is 0. The minimum atomic E-state index is 0.0541. The molecule has 1 aromatic rings. The Kier molecular flexibility index (Phi) is 4.62. The zero-order valence-corrected chi connectivity index (χ0v) is 11.0. The fourth-order valence-electron chi connectivity index (χ4n) is 2.54. The van der Waals surface area contributed by atoms with Gasteiger partial charge in [-0.3, -0.25) is 4.79 Å². The number of hydrogen-bond donors (Lipinski definition) is 2. The highest BCUT2D eigenvalue weighted by Crippen LogP contribution is 2.19. The summed E-state index contributed by atoms with van der Waals surface area (Å²) in [5, 5.41) is 6.39. The van der Waals surface area contributed by atoms with Gasteiger partial charge < -0.3 is 10.6 Å². The van der Waals surface area contributed by atoms with Crippen LogP contribution in [0.2, 0.25) is 0 Å². The van der Waals surface area contributed by atoms with E-state index < -0.39 is 0 Å². The van der Waals surface area contributed by atoms with Gasteiger partial charge in [-0.2, -0.15) is 0 Å². The molecule has 0 heterocycles. The number of carbonyl (C=O) groups is 1. The van der Waals surface area contributed by atoms with Crippen LogP contribution in [0.5, 0.6) is 0 Å². The van der Waals surface area contributed by atoms with E-state index in [2.05, 4.69) is 10.6 Å². The summed E-state index contributed by atoms with van der Waals surface area (Å²) >= 11 is 0. The van der Waals surface area contributed by atoms with Crippen molar-refractivity contribution in [1.82, 2.24) is 5.32 Å². The Bertz CT molecular complexity index is 397. The molecule has 2 rings (SSSR count). The number of amides is 1. The van der Waals surface area contributed by atoms with E-state index in [1.807, 2.05) is 31.2 Å². The maximum atomic E-state index is 12.3. The normalized spacial score (nSPS) is 16.3. The Labute approximate surface area is 109 Å². The standard InChI is InChI=1S/C15H22N2O/c1-2-16-14-11-7-6-10-13(14)15(18)17-12-8-4-3-5-9-12/h6-7,10-12,16H,2-5,8-9H2,1H3,(H,17,18). The van der Waals surface area contributed by atoms with Gasteiger partial charge >= 0.3 is 0 Å². The predicted molar refractivity (Wildman–Crippen MR) is 74.9 cm³/mol. The van der Waals surface area contributed by atoms with Gasteiger partial charge in [0.25, 0.3) is 5.91 Å². The number of nitrogens with one attached hydrogen (secondary N) is 2. The lowest BCUT2D eigenvalue weighted by Gasteiger charge is -2.23. The van der Waals surface area contributed by atoms with Crippen LogP contribution in [0.25, 0.3) is 0 Å². The smallest absolute Gasteiger partial charge is 0.253 e. The van der Waals surface area contributed by atoms with Gasteiger partial charge in [-0.25, -0.2) is 0 Å². The first-order valence-corrected chi connectivity index (χ1v) is 6.95. The zero-order valence-electron chi connectivity index (χ0n) is 11.0. The first-order chi connectivity index (χ1) is 8.81.